The monoisotopic (exact) mass is 323 g/mol. The summed E-state index contributed by atoms with van der Waals surface area (Å²) in [6.07, 6.45) is 0.299. The molecule has 22 heavy (non-hydrogen) atoms. The van der Waals surface area contributed by atoms with Crippen LogP contribution in [0.2, 0.25) is 0 Å². The number of nitrogens with two attached hydrogens (primary N) is 1. The molecule has 0 saturated heterocycles. The van der Waals surface area contributed by atoms with Crippen molar-refractivity contribution in [3.05, 3.63) is 46.2 Å². The van der Waals surface area contributed by atoms with E-state index in [4.69, 9.17) is 10.5 Å². The summed E-state index contributed by atoms with van der Waals surface area (Å²) in [5.41, 5.74) is 5.82. The van der Waals surface area contributed by atoms with Crippen LogP contribution in [0, 0.1) is 5.82 Å². The van der Waals surface area contributed by atoms with Crippen molar-refractivity contribution in [3.63, 3.8) is 0 Å². The van der Waals surface area contributed by atoms with E-state index in [9.17, 15) is 9.18 Å². The highest BCUT2D eigenvalue weighted by molar-refractivity contribution is 7.09. The largest absolute Gasteiger partial charge is 0.486 e. The minimum Gasteiger partial charge on any atom is -0.486 e. The summed E-state index contributed by atoms with van der Waals surface area (Å²) >= 11 is 1.41. The zero-order valence-electron chi connectivity index (χ0n) is 12.2. The third kappa shape index (κ3) is 4.51. The lowest BCUT2D eigenvalue weighted by Crippen LogP contribution is -2.33. The summed E-state index contributed by atoms with van der Waals surface area (Å²) in [7, 11) is 0. The lowest BCUT2D eigenvalue weighted by Gasteiger charge is -2.15. The van der Waals surface area contributed by atoms with Crippen LogP contribution in [0.3, 0.4) is 0 Å². The SMILES string of the molecule is CC(CNC(=O)c1csc(CCN)n1)Oc1ccccc1F. The zero-order chi connectivity index (χ0) is 15.9. The predicted octanol–water partition coefficient (Wildman–Crippen LogP) is 1.98. The molecule has 1 aromatic heterocycles. The maximum Gasteiger partial charge on any atom is 0.270 e. The normalized spacial score (nSPS) is 12.0. The minimum atomic E-state index is -0.424. The van der Waals surface area contributed by atoms with Gasteiger partial charge in [0.2, 0.25) is 0 Å². The van der Waals surface area contributed by atoms with Gasteiger partial charge in [0.25, 0.3) is 5.91 Å². The van der Waals surface area contributed by atoms with E-state index in [0.717, 1.165) is 5.01 Å². The Balaban J connectivity index is 1.83. The van der Waals surface area contributed by atoms with Crippen LogP contribution in [0.25, 0.3) is 0 Å². The summed E-state index contributed by atoms with van der Waals surface area (Å²) in [6.45, 7) is 2.52. The van der Waals surface area contributed by atoms with Crippen molar-refractivity contribution < 1.29 is 13.9 Å². The number of halogens is 1. The van der Waals surface area contributed by atoms with E-state index in [1.54, 1.807) is 30.5 Å². The molecule has 0 radical (unpaired) electrons. The molecule has 0 spiro atoms. The third-order valence-corrected chi connectivity index (χ3v) is 3.77. The van der Waals surface area contributed by atoms with Crippen molar-refractivity contribution in [2.75, 3.05) is 13.1 Å². The number of para-hydroxylation sites is 1. The first-order chi connectivity index (χ1) is 10.6. The molecule has 1 aromatic carbocycles. The molecule has 0 aliphatic heterocycles. The van der Waals surface area contributed by atoms with E-state index >= 15 is 0 Å². The first-order valence-electron chi connectivity index (χ1n) is 6.94. The molecule has 118 valence electrons. The fourth-order valence-corrected chi connectivity index (χ4v) is 2.57. The lowest BCUT2D eigenvalue weighted by molar-refractivity contribution is 0.0926. The highest BCUT2D eigenvalue weighted by Crippen LogP contribution is 2.16. The van der Waals surface area contributed by atoms with Crippen LogP contribution in [0.4, 0.5) is 4.39 Å². The van der Waals surface area contributed by atoms with Crippen molar-refractivity contribution >= 4 is 17.2 Å². The van der Waals surface area contributed by atoms with Gasteiger partial charge in [-0.2, -0.15) is 0 Å². The number of ether oxygens (including phenoxy) is 1. The molecule has 1 atom stereocenters. The molecule has 0 aliphatic carbocycles. The zero-order valence-corrected chi connectivity index (χ0v) is 13.0. The molecule has 1 unspecified atom stereocenters. The maximum absolute atomic E-state index is 13.5. The van der Waals surface area contributed by atoms with Gasteiger partial charge in [0, 0.05) is 11.8 Å². The van der Waals surface area contributed by atoms with Gasteiger partial charge in [0.05, 0.1) is 11.6 Å². The van der Waals surface area contributed by atoms with Crippen LogP contribution < -0.4 is 15.8 Å². The quantitative estimate of drug-likeness (QED) is 0.817. The van der Waals surface area contributed by atoms with Gasteiger partial charge in [-0.05, 0) is 25.6 Å². The molecular formula is C15H18FN3O2S. The second kappa shape index (κ2) is 7.86. The van der Waals surface area contributed by atoms with Crippen LogP contribution in [0.5, 0.6) is 5.75 Å². The van der Waals surface area contributed by atoms with Crippen LogP contribution in [0.1, 0.15) is 22.4 Å². The predicted molar refractivity (Wildman–Crippen MR) is 83.7 cm³/mol. The molecule has 0 fully saturated rings. The molecule has 2 rings (SSSR count). The number of nitrogens with one attached hydrogen (secondary N) is 1. The molecule has 2 aromatic rings. The number of nitrogens with zero attached hydrogens (tertiary/aromatic N) is 1. The Kier molecular flexibility index (Phi) is 5.85. The van der Waals surface area contributed by atoms with Gasteiger partial charge >= 0.3 is 0 Å². The van der Waals surface area contributed by atoms with Crippen molar-refractivity contribution in [1.82, 2.24) is 10.3 Å². The third-order valence-electron chi connectivity index (χ3n) is 2.86. The van der Waals surface area contributed by atoms with E-state index in [0.29, 0.717) is 18.7 Å². The van der Waals surface area contributed by atoms with E-state index in [2.05, 4.69) is 10.3 Å². The molecular weight excluding hydrogens is 305 g/mol. The Morgan fingerprint density at radius 3 is 3.00 bits per heavy atom. The summed E-state index contributed by atoms with van der Waals surface area (Å²) in [6, 6.07) is 6.16. The van der Waals surface area contributed by atoms with E-state index in [1.807, 2.05) is 0 Å². The lowest BCUT2D eigenvalue weighted by atomic mass is 10.3. The number of aromatic nitrogens is 1. The molecule has 1 heterocycles. The smallest absolute Gasteiger partial charge is 0.270 e. The van der Waals surface area contributed by atoms with Crippen LogP contribution in [-0.2, 0) is 6.42 Å². The number of carbonyl (C=O) groups is 1. The van der Waals surface area contributed by atoms with Crippen molar-refractivity contribution in [2.24, 2.45) is 5.73 Å². The summed E-state index contributed by atoms with van der Waals surface area (Å²) < 4.78 is 18.9. The Morgan fingerprint density at radius 1 is 1.50 bits per heavy atom. The van der Waals surface area contributed by atoms with E-state index in [1.165, 1.54) is 17.4 Å². The number of thiazole rings is 1. The van der Waals surface area contributed by atoms with Gasteiger partial charge < -0.3 is 15.8 Å². The molecule has 5 nitrogen and oxygen atoms in total. The Hall–Kier alpha value is -1.99. The summed E-state index contributed by atoms with van der Waals surface area (Å²) in [5.74, 6) is -0.529. The highest BCUT2D eigenvalue weighted by atomic mass is 32.1. The number of carbonyl (C=O) groups excluding carboxylic acids is 1. The maximum atomic E-state index is 13.5. The summed E-state index contributed by atoms with van der Waals surface area (Å²) in [4.78, 5) is 16.2. The van der Waals surface area contributed by atoms with Crippen molar-refractivity contribution in [2.45, 2.75) is 19.4 Å². The average molecular weight is 323 g/mol. The molecule has 0 saturated carbocycles. The molecule has 0 bridgehead atoms. The number of hydrogen-bond acceptors (Lipinski definition) is 5. The van der Waals surface area contributed by atoms with Gasteiger partial charge in [0.1, 0.15) is 11.8 Å². The standard InChI is InChI=1S/C15H18FN3O2S/c1-10(21-13-5-3-2-4-11(13)16)8-18-15(20)12-9-22-14(19-12)6-7-17/h2-5,9-10H,6-8,17H2,1H3,(H,18,20). The fraction of sp³-hybridized carbons (Fsp3) is 0.333. The first kappa shape index (κ1) is 16.4. The van der Waals surface area contributed by atoms with Gasteiger partial charge in [-0.15, -0.1) is 11.3 Å². The van der Waals surface area contributed by atoms with Crippen LogP contribution in [-0.4, -0.2) is 30.1 Å². The minimum absolute atomic E-state index is 0.170. The number of hydrogen-bond donors (Lipinski definition) is 2. The average Bonchev–Trinajstić information content (AvgIpc) is 2.96. The molecule has 1 amide bonds. The van der Waals surface area contributed by atoms with Gasteiger partial charge in [-0.3, -0.25) is 4.79 Å². The molecule has 0 aliphatic rings. The number of rotatable bonds is 7. The van der Waals surface area contributed by atoms with E-state index in [-0.39, 0.29) is 24.3 Å². The van der Waals surface area contributed by atoms with Gasteiger partial charge in [-0.1, -0.05) is 12.1 Å². The first-order valence-corrected chi connectivity index (χ1v) is 7.82. The Labute approximate surface area is 132 Å². The van der Waals surface area contributed by atoms with Gasteiger partial charge in [-0.25, -0.2) is 9.37 Å². The Morgan fingerprint density at radius 2 is 2.27 bits per heavy atom. The fourth-order valence-electron chi connectivity index (χ4n) is 1.78. The Bertz CT molecular complexity index is 633. The van der Waals surface area contributed by atoms with Crippen molar-refractivity contribution in [3.8, 4) is 5.75 Å². The summed E-state index contributed by atoms with van der Waals surface area (Å²) in [5, 5.41) is 5.25. The second-order valence-corrected chi connectivity index (χ2v) is 5.68. The molecule has 7 heteroatoms. The van der Waals surface area contributed by atoms with Crippen LogP contribution in [0.15, 0.2) is 29.6 Å². The van der Waals surface area contributed by atoms with Gasteiger partial charge in [0.15, 0.2) is 11.6 Å². The topological polar surface area (TPSA) is 77.2 Å². The number of benzene rings is 1. The highest BCUT2D eigenvalue weighted by Gasteiger charge is 2.13. The van der Waals surface area contributed by atoms with Crippen LogP contribution >= 0.6 is 11.3 Å². The van der Waals surface area contributed by atoms with E-state index < -0.39 is 5.82 Å². The molecule has 3 N–H and O–H groups in total. The second-order valence-electron chi connectivity index (χ2n) is 4.73. The number of amides is 1. The van der Waals surface area contributed by atoms with Crippen molar-refractivity contribution in [1.29, 1.82) is 0 Å².